The van der Waals surface area contributed by atoms with Gasteiger partial charge in [0.05, 0.1) is 17.7 Å². The van der Waals surface area contributed by atoms with E-state index >= 15 is 0 Å². The average Bonchev–Trinajstić information content (AvgIpc) is 3.03. The Hall–Kier alpha value is -1.93. The molecule has 4 nitrogen and oxygen atoms in total. The first kappa shape index (κ1) is 17.9. The minimum atomic E-state index is -4.38. The van der Waals surface area contributed by atoms with Gasteiger partial charge in [0.1, 0.15) is 5.01 Å². The molecule has 1 aliphatic heterocycles. The molecule has 1 fully saturated rings. The molecular formula is C17H18F3N3OS. The number of carbonyl (C=O) groups excluding carboxylic acids is 1. The first-order valence-electron chi connectivity index (χ1n) is 7.97. The minimum Gasteiger partial charge on any atom is -0.337 e. The molecular weight excluding hydrogens is 351 g/mol. The van der Waals surface area contributed by atoms with Crippen molar-refractivity contribution in [1.29, 1.82) is 0 Å². The topological polar surface area (TPSA) is 45.2 Å². The van der Waals surface area contributed by atoms with Crippen molar-refractivity contribution < 1.29 is 18.0 Å². The minimum absolute atomic E-state index is 0.00473. The molecule has 1 amide bonds. The number of rotatable bonds is 3. The highest BCUT2D eigenvalue weighted by Gasteiger charge is 2.30. The van der Waals surface area contributed by atoms with Crippen LogP contribution in [0.3, 0.4) is 0 Å². The van der Waals surface area contributed by atoms with E-state index in [-0.39, 0.29) is 18.4 Å². The van der Waals surface area contributed by atoms with Crippen molar-refractivity contribution in [3.63, 3.8) is 0 Å². The number of amides is 1. The molecule has 1 saturated heterocycles. The summed E-state index contributed by atoms with van der Waals surface area (Å²) in [5.41, 5.74) is 0.301. The molecule has 1 aromatic carbocycles. The van der Waals surface area contributed by atoms with Crippen molar-refractivity contribution in [2.75, 3.05) is 19.6 Å². The largest absolute Gasteiger partial charge is 0.416 e. The van der Waals surface area contributed by atoms with E-state index in [0.29, 0.717) is 22.8 Å². The number of halogens is 3. The van der Waals surface area contributed by atoms with Crippen LogP contribution in [0.15, 0.2) is 29.6 Å². The summed E-state index contributed by atoms with van der Waals surface area (Å²) >= 11 is 1.25. The number of hydrogen-bond donors (Lipinski definition) is 1. The summed E-state index contributed by atoms with van der Waals surface area (Å²) in [6.45, 7) is 4.17. The number of aromatic nitrogens is 1. The SMILES string of the molecule is C[C@@H]1CNCCN1C(=O)Cc1csc(-c2cccc(C(F)(F)F)c2)n1. The van der Waals surface area contributed by atoms with Crippen molar-refractivity contribution in [1.82, 2.24) is 15.2 Å². The van der Waals surface area contributed by atoms with Crippen LogP contribution < -0.4 is 5.32 Å². The number of hydrogen-bond acceptors (Lipinski definition) is 4. The van der Waals surface area contributed by atoms with Gasteiger partial charge in [-0.25, -0.2) is 4.98 Å². The molecule has 2 heterocycles. The van der Waals surface area contributed by atoms with Gasteiger partial charge in [-0.1, -0.05) is 12.1 Å². The van der Waals surface area contributed by atoms with Gasteiger partial charge in [0, 0.05) is 36.6 Å². The Morgan fingerprint density at radius 3 is 2.96 bits per heavy atom. The van der Waals surface area contributed by atoms with Crippen LogP contribution in [0.1, 0.15) is 18.2 Å². The second kappa shape index (κ2) is 7.13. The lowest BCUT2D eigenvalue weighted by Gasteiger charge is -2.33. The standard InChI is InChI=1S/C17H18F3N3OS/c1-11-9-21-5-6-23(11)15(24)8-14-10-25-16(22-14)12-3-2-4-13(7-12)17(18,19)20/h2-4,7,10-11,21H,5-6,8-9H2,1H3/t11-/m1/s1. The number of nitrogens with one attached hydrogen (secondary N) is 1. The molecule has 0 unspecified atom stereocenters. The quantitative estimate of drug-likeness (QED) is 0.904. The van der Waals surface area contributed by atoms with E-state index in [1.54, 1.807) is 11.4 Å². The maximum atomic E-state index is 12.8. The zero-order chi connectivity index (χ0) is 18.0. The highest BCUT2D eigenvalue weighted by atomic mass is 32.1. The van der Waals surface area contributed by atoms with E-state index in [0.717, 1.165) is 25.2 Å². The molecule has 25 heavy (non-hydrogen) atoms. The first-order valence-corrected chi connectivity index (χ1v) is 8.85. The Morgan fingerprint density at radius 2 is 2.24 bits per heavy atom. The lowest BCUT2D eigenvalue weighted by Crippen LogP contribution is -2.52. The van der Waals surface area contributed by atoms with E-state index in [1.165, 1.54) is 17.4 Å². The third-order valence-electron chi connectivity index (χ3n) is 4.14. The molecule has 0 bridgehead atoms. The van der Waals surface area contributed by atoms with Gasteiger partial charge in [0.15, 0.2) is 0 Å². The summed E-state index contributed by atoms with van der Waals surface area (Å²) in [6, 6.07) is 5.21. The van der Waals surface area contributed by atoms with Crippen LogP contribution in [-0.4, -0.2) is 41.5 Å². The molecule has 0 spiro atoms. The molecule has 0 radical (unpaired) electrons. The third kappa shape index (κ3) is 4.19. The predicted octanol–water partition coefficient (Wildman–Crippen LogP) is 3.19. The second-order valence-corrected chi connectivity index (χ2v) is 6.90. The maximum absolute atomic E-state index is 12.8. The Morgan fingerprint density at radius 1 is 1.44 bits per heavy atom. The molecule has 0 saturated carbocycles. The highest BCUT2D eigenvalue weighted by Crippen LogP contribution is 2.33. The van der Waals surface area contributed by atoms with Crippen molar-refractivity contribution in [2.24, 2.45) is 0 Å². The van der Waals surface area contributed by atoms with Gasteiger partial charge in [0.25, 0.3) is 0 Å². The van der Waals surface area contributed by atoms with Crippen LogP contribution in [0.25, 0.3) is 10.6 Å². The molecule has 0 aliphatic carbocycles. The summed E-state index contributed by atoms with van der Waals surface area (Å²) in [7, 11) is 0. The number of alkyl halides is 3. The number of benzene rings is 1. The second-order valence-electron chi connectivity index (χ2n) is 6.04. The third-order valence-corrected chi connectivity index (χ3v) is 5.08. The van der Waals surface area contributed by atoms with E-state index in [4.69, 9.17) is 0 Å². The zero-order valence-electron chi connectivity index (χ0n) is 13.6. The maximum Gasteiger partial charge on any atom is 0.416 e. The fraction of sp³-hybridized carbons (Fsp3) is 0.412. The Kier molecular flexibility index (Phi) is 5.10. The van der Waals surface area contributed by atoms with E-state index < -0.39 is 11.7 Å². The number of piperazine rings is 1. The molecule has 3 rings (SSSR count). The van der Waals surface area contributed by atoms with E-state index in [1.807, 2.05) is 11.8 Å². The summed E-state index contributed by atoms with van der Waals surface area (Å²) in [6.07, 6.45) is -4.22. The number of carbonyl (C=O) groups is 1. The summed E-state index contributed by atoms with van der Waals surface area (Å²) in [5.74, 6) is -0.00473. The molecule has 1 N–H and O–H groups in total. The van der Waals surface area contributed by atoms with Crippen LogP contribution in [0.5, 0.6) is 0 Å². The fourth-order valence-electron chi connectivity index (χ4n) is 2.82. The smallest absolute Gasteiger partial charge is 0.337 e. The van der Waals surface area contributed by atoms with Gasteiger partial charge >= 0.3 is 6.18 Å². The van der Waals surface area contributed by atoms with Crippen molar-refractivity contribution in [3.05, 3.63) is 40.9 Å². The van der Waals surface area contributed by atoms with Gasteiger partial charge in [0.2, 0.25) is 5.91 Å². The van der Waals surface area contributed by atoms with Gasteiger partial charge in [-0.15, -0.1) is 11.3 Å². The van der Waals surface area contributed by atoms with Crippen LogP contribution in [0, 0.1) is 0 Å². The molecule has 1 aliphatic rings. The van der Waals surface area contributed by atoms with Crippen LogP contribution >= 0.6 is 11.3 Å². The Labute approximate surface area is 147 Å². The van der Waals surface area contributed by atoms with Gasteiger partial charge in [-0.3, -0.25) is 4.79 Å². The van der Waals surface area contributed by atoms with E-state index in [9.17, 15) is 18.0 Å². The number of thiazole rings is 1. The first-order chi connectivity index (χ1) is 11.8. The predicted molar refractivity (Wildman–Crippen MR) is 90.3 cm³/mol. The summed E-state index contributed by atoms with van der Waals surface area (Å²) in [5, 5.41) is 5.45. The highest BCUT2D eigenvalue weighted by molar-refractivity contribution is 7.13. The van der Waals surface area contributed by atoms with Crippen LogP contribution in [0.4, 0.5) is 13.2 Å². The average molecular weight is 369 g/mol. The summed E-state index contributed by atoms with van der Waals surface area (Å²) in [4.78, 5) is 18.6. The lowest BCUT2D eigenvalue weighted by atomic mass is 10.1. The van der Waals surface area contributed by atoms with Crippen LogP contribution in [0.2, 0.25) is 0 Å². The summed E-state index contributed by atoms with van der Waals surface area (Å²) < 4.78 is 38.5. The van der Waals surface area contributed by atoms with Crippen molar-refractivity contribution in [2.45, 2.75) is 25.6 Å². The lowest BCUT2D eigenvalue weighted by molar-refractivity contribution is -0.137. The van der Waals surface area contributed by atoms with Crippen LogP contribution in [-0.2, 0) is 17.4 Å². The monoisotopic (exact) mass is 369 g/mol. The molecule has 1 aromatic heterocycles. The Bertz CT molecular complexity index is 760. The van der Waals surface area contributed by atoms with Crippen molar-refractivity contribution >= 4 is 17.2 Å². The van der Waals surface area contributed by atoms with Crippen molar-refractivity contribution in [3.8, 4) is 10.6 Å². The molecule has 134 valence electrons. The fourth-order valence-corrected chi connectivity index (χ4v) is 3.63. The van der Waals surface area contributed by atoms with Gasteiger partial charge < -0.3 is 10.2 Å². The van der Waals surface area contributed by atoms with Gasteiger partial charge in [-0.05, 0) is 19.1 Å². The zero-order valence-corrected chi connectivity index (χ0v) is 14.5. The molecule has 1 atom stereocenters. The molecule has 2 aromatic rings. The van der Waals surface area contributed by atoms with E-state index in [2.05, 4.69) is 10.3 Å². The van der Waals surface area contributed by atoms with Gasteiger partial charge in [-0.2, -0.15) is 13.2 Å². The Balaban J connectivity index is 1.73. The number of nitrogens with zero attached hydrogens (tertiary/aromatic N) is 2. The molecule has 8 heteroatoms. The normalized spacial score (nSPS) is 18.4.